The summed E-state index contributed by atoms with van der Waals surface area (Å²) >= 11 is -2.21. The summed E-state index contributed by atoms with van der Waals surface area (Å²) in [4.78, 5) is 0. The van der Waals surface area contributed by atoms with Crippen LogP contribution in [0.15, 0.2) is 20.6 Å². The van der Waals surface area contributed by atoms with Gasteiger partial charge in [0, 0.05) is 0 Å². The van der Waals surface area contributed by atoms with E-state index in [4.69, 9.17) is 0 Å². The van der Waals surface area contributed by atoms with E-state index in [1.165, 1.54) is 0 Å². The Morgan fingerprint density at radius 3 is 1.80 bits per heavy atom. The van der Waals surface area contributed by atoms with E-state index < -0.39 is 25.6 Å². The van der Waals surface area contributed by atoms with E-state index in [0.717, 1.165) is 0 Å². The Morgan fingerprint density at radius 2 is 1.45 bits per heavy atom. The van der Waals surface area contributed by atoms with Gasteiger partial charge in [0.25, 0.3) is 0 Å². The van der Waals surface area contributed by atoms with Crippen LogP contribution in [0.2, 0.25) is 28.6 Å². The Bertz CT molecular complexity index is 466. The molecule has 0 aromatic carbocycles. The molecule has 0 fully saturated rings. The fourth-order valence-corrected chi connectivity index (χ4v) is 16.2. The van der Waals surface area contributed by atoms with Crippen LogP contribution in [-0.2, 0) is 16.8 Å². The normalized spacial score (nSPS) is 25.2. The molecule has 1 atom stereocenters. The topological polar surface area (TPSA) is 12.0 Å². The van der Waals surface area contributed by atoms with E-state index in [9.17, 15) is 0 Å². The molecule has 20 heavy (non-hydrogen) atoms. The van der Waals surface area contributed by atoms with Gasteiger partial charge in [-0.15, -0.1) is 0 Å². The van der Waals surface area contributed by atoms with Crippen molar-refractivity contribution in [3.63, 3.8) is 0 Å². The molecule has 1 aliphatic carbocycles. The predicted molar refractivity (Wildman–Crippen MR) is 92.9 cm³/mol. The number of rotatable bonds is 3. The van der Waals surface area contributed by atoms with Crippen LogP contribution in [0.3, 0.4) is 0 Å². The second-order valence-electron chi connectivity index (χ2n) is 8.61. The zero-order chi connectivity index (χ0) is 16.1. The molecule has 1 rings (SSSR count). The zero-order valence-corrected chi connectivity index (χ0v) is 18.3. The number of hydrogen-bond acceptors (Lipinski definition) is 1. The van der Waals surface area contributed by atoms with Crippen LogP contribution in [0, 0.1) is 0 Å². The molecule has 0 spiro atoms. The first kappa shape index (κ1) is 18.4. The SMILES string of the molecule is CC1=C(C)C(C)([SiH](C)C)[C]([Ti]([CH3])([CH3])[NH]C(C)(C)C)=C1C. The van der Waals surface area contributed by atoms with Crippen LogP contribution in [0.4, 0.5) is 0 Å². The number of nitrogens with one attached hydrogen (secondary N) is 1. The molecule has 1 N–H and O–H groups in total. The van der Waals surface area contributed by atoms with Gasteiger partial charge in [0.1, 0.15) is 0 Å². The first-order valence-corrected chi connectivity index (χ1v) is 15.5. The van der Waals surface area contributed by atoms with Crippen molar-refractivity contribution in [2.24, 2.45) is 0 Å². The third kappa shape index (κ3) is 3.09. The molecule has 0 aromatic rings. The Hall–Kier alpha value is 0.371. The number of hydrogen-bond donors (Lipinski definition) is 1. The van der Waals surface area contributed by atoms with Crippen LogP contribution in [-0.4, -0.2) is 14.3 Å². The van der Waals surface area contributed by atoms with Crippen molar-refractivity contribution in [1.29, 1.82) is 0 Å². The van der Waals surface area contributed by atoms with E-state index in [1.807, 2.05) is 3.88 Å². The van der Waals surface area contributed by atoms with Crippen molar-refractivity contribution in [3.05, 3.63) is 20.6 Å². The van der Waals surface area contributed by atoms with Gasteiger partial charge in [-0.3, -0.25) is 0 Å². The minimum absolute atomic E-state index is 0.209. The average Bonchev–Trinajstić information content (AvgIpc) is 2.38. The molecule has 0 saturated heterocycles. The molecule has 1 unspecified atom stereocenters. The van der Waals surface area contributed by atoms with Crippen molar-refractivity contribution in [1.82, 2.24) is 3.80 Å². The molecule has 0 aliphatic heterocycles. The summed E-state index contributed by atoms with van der Waals surface area (Å²) in [5, 5.41) is 5.48. The molecular weight excluding hydrogens is 294 g/mol. The Morgan fingerprint density at radius 1 is 1.00 bits per heavy atom. The molecule has 0 radical (unpaired) electrons. The van der Waals surface area contributed by atoms with Gasteiger partial charge in [-0.1, -0.05) is 0 Å². The van der Waals surface area contributed by atoms with Gasteiger partial charge < -0.3 is 0 Å². The molecular formula is C17H35NSiTi. The molecule has 0 saturated carbocycles. The van der Waals surface area contributed by atoms with E-state index >= 15 is 0 Å². The fraction of sp³-hybridized carbons (Fsp3) is 0.765. The van der Waals surface area contributed by atoms with Gasteiger partial charge in [-0.05, 0) is 0 Å². The van der Waals surface area contributed by atoms with E-state index in [1.54, 1.807) is 16.7 Å². The van der Waals surface area contributed by atoms with E-state index in [0.29, 0.717) is 5.04 Å². The Kier molecular flexibility index (Phi) is 5.10. The van der Waals surface area contributed by atoms with E-state index in [2.05, 4.69) is 75.8 Å². The molecule has 0 aromatic heterocycles. The first-order valence-electron chi connectivity index (χ1n) is 7.94. The molecule has 0 heterocycles. The Labute approximate surface area is 132 Å². The molecule has 1 aliphatic rings. The van der Waals surface area contributed by atoms with Crippen molar-refractivity contribution >= 4 is 8.80 Å². The van der Waals surface area contributed by atoms with Crippen molar-refractivity contribution < 1.29 is 16.8 Å². The fourth-order valence-electron chi connectivity index (χ4n) is 4.27. The second kappa shape index (κ2) is 5.53. The monoisotopic (exact) mass is 329 g/mol. The standard InChI is InChI=1S/C11H19Si.C4H10N.2CH3.Ti/c1-8-7-11(4,12(5)6)10(3)9(8)2;1-4(2,3)5;;;/h12H,1-6H3;5H,1-3H3;2*1H3;/q;-1;;;+1. The van der Waals surface area contributed by atoms with Crippen molar-refractivity contribution in [3.8, 4) is 0 Å². The molecule has 116 valence electrons. The molecule has 1 nitrogen and oxygen atoms in total. The van der Waals surface area contributed by atoms with Crippen LogP contribution < -0.4 is 3.80 Å². The van der Waals surface area contributed by atoms with E-state index in [-0.39, 0.29) is 5.54 Å². The van der Waals surface area contributed by atoms with Crippen molar-refractivity contribution in [2.75, 3.05) is 0 Å². The van der Waals surface area contributed by atoms with Gasteiger partial charge >= 0.3 is 133 Å². The van der Waals surface area contributed by atoms with Crippen LogP contribution in [0.5, 0.6) is 0 Å². The average molecular weight is 329 g/mol. The summed E-state index contributed by atoms with van der Waals surface area (Å²) in [5.74, 6) is 0. The van der Waals surface area contributed by atoms with Gasteiger partial charge in [-0.25, -0.2) is 0 Å². The molecule has 3 heteroatoms. The van der Waals surface area contributed by atoms with Crippen LogP contribution in [0.1, 0.15) is 48.5 Å². The molecule has 0 amide bonds. The number of allylic oxidation sites excluding steroid dienone is 4. The maximum atomic E-state index is 4.04. The second-order valence-corrected chi connectivity index (χ2v) is 18.3. The van der Waals surface area contributed by atoms with Crippen LogP contribution in [0.25, 0.3) is 0 Å². The summed E-state index contributed by atoms with van der Waals surface area (Å²) in [7, 11) is -0.807. The predicted octanol–water partition coefficient (Wildman–Crippen LogP) is 5.41. The van der Waals surface area contributed by atoms with Crippen molar-refractivity contribution in [2.45, 2.75) is 82.6 Å². The van der Waals surface area contributed by atoms with Gasteiger partial charge in [0.2, 0.25) is 0 Å². The van der Waals surface area contributed by atoms with Gasteiger partial charge in [-0.2, -0.15) is 0 Å². The maximum absolute atomic E-state index is 4.04. The Balaban J connectivity index is 3.43. The van der Waals surface area contributed by atoms with Gasteiger partial charge in [0.15, 0.2) is 0 Å². The summed E-state index contributed by atoms with van der Waals surface area (Å²) in [6, 6.07) is 0. The third-order valence-corrected chi connectivity index (χ3v) is 14.2. The quantitative estimate of drug-likeness (QED) is 0.683. The van der Waals surface area contributed by atoms with Gasteiger partial charge in [0.05, 0.1) is 0 Å². The minimum atomic E-state index is -2.21. The summed E-state index contributed by atoms with van der Waals surface area (Å²) in [5.41, 5.74) is 5.04. The summed E-state index contributed by atoms with van der Waals surface area (Å²) < 4.78 is 5.87. The third-order valence-electron chi connectivity index (χ3n) is 5.27. The first-order chi connectivity index (χ1) is 8.75. The molecule has 0 bridgehead atoms. The zero-order valence-electron chi connectivity index (χ0n) is 15.6. The van der Waals surface area contributed by atoms with Crippen LogP contribution >= 0.6 is 0 Å². The summed E-state index contributed by atoms with van der Waals surface area (Å²) in [6.45, 7) is 21.6. The summed E-state index contributed by atoms with van der Waals surface area (Å²) in [6.07, 6.45) is 0.